The van der Waals surface area contributed by atoms with E-state index in [-0.39, 0.29) is 11.6 Å². The van der Waals surface area contributed by atoms with Gasteiger partial charge < -0.3 is 15.8 Å². The third kappa shape index (κ3) is 5.19. The Hall–Kier alpha value is -1.55. The van der Waals surface area contributed by atoms with E-state index in [0.717, 1.165) is 5.56 Å². The van der Waals surface area contributed by atoms with E-state index in [9.17, 15) is 0 Å². The Morgan fingerprint density at radius 2 is 1.94 bits per heavy atom. The van der Waals surface area contributed by atoms with Crippen LogP contribution in [0.2, 0.25) is 0 Å². The summed E-state index contributed by atoms with van der Waals surface area (Å²) in [5, 5.41) is 3.12. The van der Waals surface area contributed by atoms with Crippen molar-refractivity contribution in [1.82, 2.24) is 5.32 Å². The molecule has 4 nitrogen and oxygen atoms in total. The highest BCUT2D eigenvalue weighted by atomic mass is 16.5. The molecule has 0 radical (unpaired) electrons. The molecule has 1 rings (SSSR count). The smallest absolute Gasteiger partial charge is 0.189 e. The van der Waals surface area contributed by atoms with Gasteiger partial charge in [0, 0.05) is 12.6 Å². The summed E-state index contributed by atoms with van der Waals surface area (Å²) >= 11 is 0. The van der Waals surface area contributed by atoms with Crippen molar-refractivity contribution < 1.29 is 4.74 Å². The van der Waals surface area contributed by atoms with Crippen LogP contribution < -0.4 is 11.1 Å². The fourth-order valence-electron chi connectivity index (χ4n) is 1.59. The second-order valence-electron chi connectivity index (χ2n) is 5.24. The second-order valence-corrected chi connectivity index (χ2v) is 5.24. The van der Waals surface area contributed by atoms with Gasteiger partial charge in [0.15, 0.2) is 5.96 Å². The Labute approximate surface area is 109 Å². The van der Waals surface area contributed by atoms with E-state index in [4.69, 9.17) is 10.5 Å². The Balaban J connectivity index is 2.62. The minimum absolute atomic E-state index is 0.0634. The number of benzene rings is 1. The topological polar surface area (TPSA) is 59.6 Å². The van der Waals surface area contributed by atoms with Crippen molar-refractivity contribution in [2.45, 2.75) is 32.4 Å². The zero-order valence-corrected chi connectivity index (χ0v) is 11.6. The number of hydrogen-bond donors (Lipinski definition) is 2. The normalized spacial score (nSPS) is 14.3. The highest BCUT2D eigenvalue weighted by molar-refractivity contribution is 5.78. The summed E-state index contributed by atoms with van der Waals surface area (Å²) in [5.74, 6) is 0.445. The molecule has 0 bridgehead atoms. The summed E-state index contributed by atoms with van der Waals surface area (Å²) in [4.78, 5) is 4.32. The number of nitrogens with two attached hydrogens (primary N) is 1. The van der Waals surface area contributed by atoms with Crippen molar-refractivity contribution >= 4 is 5.96 Å². The Morgan fingerprint density at radius 1 is 1.33 bits per heavy atom. The minimum atomic E-state index is -0.0805. The molecule has 1 unspecified atom stereocenters. The molecular formula is C14H23N3O. The fraction of sp³-hybridized carbons (Fsp3) is 0.500. The van der Waals surface area contributed by atoms with E-state index < -0.39 is 0 Å². The molecule has 0 spiro atoms. The number of rotatable bonds is 4. The third-order valence-electron chi connectivity index (χ3n) is 2.39. The standard InChI is InChI=1S/C14H23N3O/c1-14(2,3)17-13(15)16-10-12(18-4)11-8-6-5-7-9-11/h5-9,12H,10H2,1-4H3,(H3,15,16,17). The van der Waals surface area contributed by atoms with Crippen LogP contribution in [-0.4, -0.2) is 25.2 Å². The second kappa shape index (κ2) is 6.40. The average Bonchev–Trinajstić information content (AvgIpc) is 2.29. The van der Waals surface area contributed by atoms with E-state index in [2.05, 4.69) is 10.3 Å². The summed E-state index contributed by atoms with van der Waals surface area (Å²) in [6.07, 6.45) is -0.0634. The van der Waals surface area contributed by atoms with Crippen molar-refractivity contribution in [2.24, 2.45) is 10.7 Å². The monoisotopic (exact) mass is 249 g/mol. The zero-order valence-electron chi connectivity index (χ0n) is 11.6. The van der Waals surface area contributed by atoms with Gasteiger partial charge in [-0.2, -0.15) is 0 Å². The first kappa shape index (κ1) is 14.5. The fourth-order valence-corrected chi connectivity index (χ4v) is 1.59. The molecule has 4 heteroatoms. The predicted molar refractivity (Wildman–Crippen MR) is 75.6 cm³/mol. The van der Waals surface area contributed by atoms with E-state index in [0.29, 0.717) is 12.5 Å². The van der Waals surface area contributed by atoms with Crippen molar-refractivity contribution in [2.75, 3.05) is 13.7 Å². The molecule has 18 heavy (non-hydrogen) atoms. The number of aliphatic imine (C=N–C) groups is 1. The number of guanidine groups is 1. The van der Waals surface area contributed by atoms with E-state index in [1.54, 1.807) is 7.11 Å². The molecule has 0 aliphatic rings. The van der Waals surface area contributed by atoms with Crippen LogP contribution in [0.5, 0.6) is 0 Å². The Bertz CT molecular complexity index is 382. The van der Waals surface area contributed by atoms with Gasteiger partial charge in [-0.1, -0.05) is 30.3 Å². The van der Waals surface area contributed by atoms with Crippen LogP contribution in [0.1, 0.15) is 32.4 Å². The quantitative estimate of drug-likeness (QED) is 0.634. The molecule has 0 amide bonds. The Morgan fingerprint density at radius 3 is 2.44 bits per heavy atom. The highest BCUT2D eigenvalue weighted by Crippen LogP contribution is 2.16. The molecular weight excluding hydrogens is 226 g/mol. The van der Waals surface area contributed by atoms with Crippen molar-refractivity contribution in [3.8, 4) is 0 Å². The first-order valence-electron chi connectivity index (χ1n) is 6.08. The number of nitrogens with zero attached hydrogens (tertiary/aromatic N) is 1. The molecule has 0 aliphatic carbocycles. The summed E-state index contributed by atoms with van der Waals surface area (Å²) in [6.45, 7) is 6.64. The number of hydrogen-bond acceptors (Lipinski definition) is 2. The van der Waals surface area contributed by atoms with Crippen molar-refractivity contribution in [3.63, 3.8) is 0 Å². The lowest BCUT2D eigenvalue weighted by Crippen LogP contribution is -2.45. The number of nitrogens with one attached hydrogen (secondary N) is 1. The maximum atomic E-state index is 5.82. The third-order valence-corrected chi connectivity index (χ3v) is 2.39. The summed E-state index contributed by atoms with van der Waals surface area (Å²) in [7, 11) is 1.68. The lowest BCUT2D eigenvalue weighted by atomic mass is 10.1. The van der Waals surface area contributed by atoms with E-state index >= 15 is 0 Å². The van der Waals surface area contributed by atoms with Crippen molar-refractivity contribution in [1.29, 1.82) is 0 Å². The SMILES string of the molecule is COC(CN=C(N)NC(C)(C)C)c1ccccc1. The molecule has 3 N–H and O–H groups in total. The molecule has 1 aromatic rings. The van der Waals surface area contributed by atoms with Gasteiger partial charge in [0.1, 0.15) is 6.10 Å². The Kier molecular flexibility index (Phi) is 5.16. The van der Waals surface area contributed by atoms with E-state index in [1.165, 1.54) is 0 Å². The van der Waals surface area contributed by atoms with Crippen LogP contribution in [0.15, 0.2) is 35.3 Å². The number of methoxy groups -OCH3 is 1. The predicted octanol–water partition coefficient (Wildman–Crippen LogP) is 2.08. The van der Waals surface area contributed by atoms with Crippen LogP contribution in [0, 0.1) is 0 Å². The molecule has 0 heterocycles. The van der Waals surface area contributed by atoms with Gasteiger partial charge in [-0.05, 0) is 26.3 Å². The summed E-state index contributed by atoms with van der Waals surface area (Å²) < 4.78 is 5.43. The van der Waals surface area contributed by atoms with E-state index in [1.807, 2.05) is 51.1 Å². The van der Waals surface area contributed by atoms with Gasteiger partial charge in [-0.3, -0.25) is 4.99 Å². The first-order valence-corrected chi connectivity index (χ1v) is 6.08. The summed E-state index contributed by atoms with van der Waals surface area (Å²) in [5.41, 5.74) is 6.85. The zero-order chi connectivity index (χ0) is 13.6. The van der Waals surface area contributed by atoms with Gasteiger partial charge in [0.2, 0.25) is 0 Å². The van der Waals surface area contributed by atoms with Crippen LogP contribution in [0.3, 0.4) is 0 Å². The van der Waals surface area contributed by atoms with Gasteiger partial charge in [0.05, 0.1) is 6.54 Å². The molecule has 0 fully saturated rings. The molecule has 1 atom stereocenters. The lowest BCUT2D eigenvalue weighted by Gasteiger charge is -2.21. The van der Waals surface area contributed by atoms with Gasteiger partial charge in [-0.25, -0.2) is 0 Å². The molecule has 1 aromatic carbocycles. The van der Waals surface area contributed by atoms with Gasteiger partial charge in [-0.15, -0.1) is 0 Å². The van der Waals surface area contributed by atoms with Crippen LogP contribution >= 0.6 is 0 Å². The lowest BCUT2D eigenvalue weighted by molar-refractivity contribution is 0.111. The average molecular weight is 249 g/mol. The minimum Gasteiger partial charge on any atom is -0.375 e. The maximum Gasteiger partial charge on any atom is 0.189 e. The molecule has 100 valence electrons. The number of ether oxygens (including phenoxy) is 1. The summed E-state index contributed by atoms with van der Waals surface area (Å²) in [6, 6.07) is 10.0. The largest absolute Gasteiger partial charge is 0.375 e. The molecule has 0 aliphatic heterocycles. The van der Waals surface area contributed by atoms with Crippen molar-refractivity contribution in [3.05, 3.63) is 35.9 Å². The van der Waals surface area contributed by atoms with Crippen LogP contribution in [-0.2, 0) is 4.74 Å². The van der Waals surface area contributed by atoms with Crippen LogP contribution in [0.4, 0.5) is 0 Å². The van der Waals surface area contributed by atoms with Gasteiger partial charge >= 0.3 is 0 Å². The van der Waals surface area contributed by atoms with Gasteiger partial charge in [0.25, 0.3) is 0 Å². The highest BCUT2D eigenvalue weighted by Gasteiger charge is 2.12. The molecule has 0 saturated heterocycles. The van der Waals surface area contributed by atoms with Crippen LogP contribution in [0.25, 0.3) is 0 Å². The first-order chi connectivity index (χ1) is 8.42. The molecule has 0 aromatic heterocycles. The molecule has 0 saturated carbocycles. The maximum absolute atomic E-state index is 5.82.